The van der Waals surface area contributed by atoms with E-state index in [2.05, 4.69) is 10.0 Å². The zero-order chi connectivity index (χ0) is 22.4. The van der Waals surface area contributed by atoms with Crippen molar-refractivity contribution in [3.05, 3.63) is 47.5 Å². The molecule has 2 aromatic carbocycles. The van der Waals surface area contributed by atoms with E-state index in [4.69, 9.17) is 25.8 Å². The smallest absolute Gasteiger partial charge is 0.307 e. The highest BCUT2D eigenvalue weighted by Crippen LogP contribution is 2.32. The maximum atomic E-state index is 12.4. The van der Waals surface area contributed by atoms with E-state index in [0.717, 1.165) is 0 Å². The third kappa shape index (κ3) is 6.33. The number of amides is 1. The van der Waals surface area contributed by atoms with Gasteiger partial charge in [-0.1, -0.05) is 17.7 Å². The van der Waals surface area contributed by atoms with Crippen LogP contribution in [-0.4, -0.2) is 46.2 Å². The van der Waals surface area contributed by atoms with Crippen LogP contribution in [0, 0.1) is 0 Å². The van der Waals surface area contributed by atoms with Gasteiger partial charge in [0.2, 0.25) is 10.0 Å². The molecule has 0 unspecified atom stereocenters. The molecule has 0 radical (unpaired) electrons. The molecule has 31 heavy (non-hydrogen) atoms. The lowest BCUT2D eigenvalue weighted by atomic mass is 10.3. The lowest BCUT2D eigenvalue weighted by Crippen LogP contribution is -2.32. The number of carbonyl (C=O) groups is 2. The fourth-order valence-corrected chi connectivity index (χ4v) is 3.92. The molecule has 0 saturated heterocycles. The number of hydrogen-bond acceptors (Lipinski definition) is 7. The Labute approximate surface area is 184 Å². The summed E-state index contributed by atoms with van der Waals surface area (Å²) in [5, 5.41) is 3.03. The molecule has 0 aromatic heterocycles. The molecule has 0 saturated carbocycles. The number of anilines is 1. The van der Waals surface area contributed by atoms with Crippen molar-refractivity contribution in [3.8, 4) is 11.5 Å². The molecular weight excluding hydrogens is 448 g/mol. The molecular formula is C20H21ClN2O7S. The van der Waals surface area contributed by atoms with Crippen molar-refractivity contribution in [2.75, 3.05) is 25.1 Å². The summed E-state index contributed by atoms with van der Waals surface area (Å²) in [5.41, 5.74) is 0.465. The molecule has 0 fully saturated rings. The third-order valence-corrected chi connectivity index (χ3v) is 5.91. The van der Waals surface area contributed by atoms with Crippen LogP contribution in [0.25, 0.3) is 0 Å². The van der Waals surface area contributed by atoms with Crippen molar-refractivity contribution in [3.63, 3.8) is 0 Å². The van der Waals surface area contributed by atoms with Crippen LogP contribution in [0.5, 0.6) is 11.5 Å². The summed E-state index contributed by atoms with van der Waals surface area (Å²) in [6, 6.07) is 10.8. The molecule has 0 bridgehead atoms. The van der Waals surface area contributed by atoms with Crippen molar-refractivity contribution in [2.45, 2.75) is 24.3 Å². The van der Waals surface area contributed by atoms with E-state index in [0.29, 0.717) is 35.4 Å². The number of ether oxygens (including phenoxy) is 3. The van der Waals surface area contributed by atoms with E-state index in [1.54, 1.807) is 24.3 Å². The lowest BCUT2D eigenvalue weighted by molar-refractivity contribution is -0.152. The number of sulfonamides is 1. The first-order valence-electron chi connectivity index (χ1n) is 9.40. The predicted molar refractivity (Wildman–Crippen MR) is 113 cm³/mol. The second-order valence-corrected chi connectivity index (χ2v) is 8.79. The Kier molecular flexibility index (Phi) is 7.37. The number of benzene rings is 2. The van der Waals surface area contributed by atoms with E-state index in [9.17, 15) is 18.0 Å². The van der Waals surface area contributed by atoms with Gasteiger partial charge in [0.15, 0.2) is 17.6 Å². The van der Waals surface area contributed by atoms with Gasteiger partial charge in [0.25, 0.3) is 5.91 Å². The average Bonchev–Trinajstić information content (AvgIpc) is 2.73. The van der Waals surface area contributed by atoms with Gasteiger partial charge in [0.05, 0.1) is 11.3 Å². The Morgan fingerprint density at radius 2 is 1.87 bits per heavy atom. The normalized spacial score (nSPS) is 13.9. The number of esters is 1. The van der Waals surface area contributed by atoms with Crippen molar-refractivity contribution >= 4 is 39.2 Å². The Morgan fingerprint density at radius 3 is 2.61 bits per heavy atom. The SMILES string of the molecule is C[C@@H](OC(=O)CCNS(=O)(=O)c1ccc2c(c1)OCCO2)C(=O)Nc1cccc(Cl)c1. The minimum absolute atomic E-state index is 0.0145. The zero-order valence-electron chi connectivity index (χ0n) is 16.6. The third-order valence-electron chi connectivity index (χ3n) is 4.21. The van der Waals surface area contributed by atoms with E-state index in [1.807, 2.05) is 0 Å². The molecule has 2 aromatic rings. The number of fused-ring (bicyclic) bond motifs is 1. The van der Waals surface area contributed by atoms with Gasteiger partial charge >= 0.3 is 5.97 Å². The maximum Gasteiger partial charge on any atom is 0.307 e. The van der Waals surface area contributed by atoms with Gasteiger partial charge in [0, 0.05) is 23.3 Å². The second kappa shape index (κ2) is 9.99. The molecule has 0 aliphatic carbocycles. The Balaban J connectivity index is 1.47. The fraction of sp³-hybridized carbons (Fsp3) is 0.300. The van der Waals surface area contributed by atoms with E-state index < -0.39 is 28.0 Å². The number of halogens is 1. The van der Waals surface area contributed by atoms with Gasteiger partial charge in [-0.25, -0.2) is 13.1 Å². The summed E-state index contributed by atoms with van der Waals surface area (Å²) in [6.07, 6.45) is -1.32. The van der Waals surface area contributed by atoms with Crippen molar-refractivity contribution in [1.29, 1.82) is 0 Å². The maximum absolute atomic E-state index is 12.4. The first-order valence-corrected chi connectivity index (χ1v) is 11.3. The van der Waals surface area contributed by atoms with E-state index in [1.165, 1.54) is 25.1 Å². The topological polar surface area (TPSA) is 120 Å². The molecule has 0 spiro atoms. The molecule has 11 heteroatoms. The highest BCUT2D eigenvalue weighted by molar-refractivity contribution is 7.89. The highest BCUT2D eigenvalue weighted by Gasteiger charge is 2.21. The van der Waals surface area contributed by atoms with Crippen LogP contribution in [0.1, 0.15) is 13.3 Å². The van der Waals surface area contributed by atoms with Gasteiger partial charge in [-0.3, -0.25) is 9.59 Å². The van der Waals surface area contributed by atoms with E-state index >= 15 is 0 Å². The Morgan fingerprint density at radius 1 is 1.13 bits per heavy atom. The predicted octanol–water partition coefficient (Wildman–Crippen LogP) is 2.35. The summed E-state index contributed by atoms with van der Waals surface area (Å²) >= 11 is 5.86. The van der Waals surface area contributed by atoms with E-state index in [-0.39, 0.29) is 17.9 Å². The molecule has 1 heterocycles. The molecule has 1 aliphatic rings. The monoisotopic (exact) mass is 468 g/mol. The molecule has 3 rings (SSSR count). The summed E-state index contributed by atoms with van der Waals surface area (Å²) in [5.74, 6) is -0.446. The summed E-state index contributed by atoms with van der Waals surface area (Å²) in [7, 11) is -3.86. The molecule has 1 amide bonds. The molecule has 1 atom stereocenters. The van der Waals surface area contributed by atoms with Crippen molar-refractivity contribution < 1.29 is 32.2 Å². The van der Waals surface area contributed by atoms with Crippen LogP contribution < -0.4 is 19.5 Å². The van der Waals surface area contributed by atoms with Gasteiger partial charge in [0.1, 0.15) is 13.2 Å². The second-order valence-electron chi connectivity index (χ2n) is 6.58. The molecule has 9 nitrogen and oxygen atoms in total. The molecule has 1 aliphatic heterocycles. The number of carbonyl (C=O) groups excluding carboxylic acids is 2. The van der Waals surface area contributed by atoms with Crippen LogP contribution in [-0.2, 0) is 24.3 Å². The fourth-order valence-electron chi connectivity index (χ4n) is 2.68. The Bertz CT molecular complexity index is 1070. The standard InChI is InChI=1S/C20H21ClN2O7S/c1-13(20(25)23-15-4-2-3-14(21)11-15)30-19(24)7-8-22-31(26,27)16-5-6-17-18(12-16)29-10-9-28-17/h2-6,11-13,22H,7-10H2,1H3,(H,23,25)/t13-/m1/s1. The van der Waals surface area contributed by atoms with Crippen LogP contribution in [0.4, 0.5) is 5.69 Å². The zero-order valence-corrected chi connectivity index (χ0v) is 18.2. The van der Waals surface area contributed by atoms with Crippen LogP contribution >= 0.6 is 11.6 Å². The lowest BCUT2D eigenvalue weighted by Gasteiger charge is -2.19. The summed E-state index contributed by atoms with van der Waals surface area (Å²) in [6.45, 7) is 1.95. The number of nitrogens with one attached hydrogen (secondary N) is 2. The minimum Gasteiger partial charge on any atom is -0.486 e. The van der Waals surface area contributed by atoms with Crippen molar-refractivity contribution in [1.82, 2.24) is 4.72 Å². The number of rotatable bonds is 8. The average molecular weight is 469 g/mol. The van der Waals surface area contributed by atoms with Gasteiger partial charge in [-0.15, -0.1) is 0 Å². The van der Waals surface area contributed by atoms with Gasteiger partial charge in [-0.05, 0) is 37.3 Å². The molecule has 166 valence electrons. The van der Waals surface area contributed by atoms with Crippen LogP contribution in [0.15, 0.2) is 47.4 Å². The summed E-state index contributed by atoms with van der Waals surface area (Å²) < 4.78 is 43.0. The quantitative estimate of drug-likeness (QED) is 0.570. The summed E-state index contributed by atoms with van der Waals surface area (Å²) in [4.78, 5) is 24.1. The number of hydrogen-bond donors (Lipinski definition) is 2. The minimum atomic E-state index is -3.86. The largest absolute Gasteiger partial charge is 0.486 e. The van der Waals surface area contributed by atoms with Crippen molar-refractivity contribution in [2.24, 2.45) is 0 Å². The highest BCUT2D eigenvalue weighted by atomic mass is 35.5. The van der Waals surface area contributed by atoms with Crippen LogP contribution in [0.3, 0.4) is 0 Å². The van der Waals surface area contributed by atoms with Gasteiger partial charge < -0.3 is 19.5 Å². The van der Waals surface area contributed by atoms with Gasteiger partial charge in [-0.2, -0.15) is 0 Å². The van der Waals surface area contributed by atoms with Crippen LogP contribution in [0.2, 0.25) is 5.02 Å². The Hall–Kier alpha value is -2.82. The first kappa shape index (κ1) is 22.9. The first-order chi connectivity index (χ1) is 14.7. The molecule has 2 N–H and O–H groups in total.